The monoisotopic (exact) mass is 420 g/mol. The molecular weight excluding hydrogens is 396 g/mol. The quantitative estimate of drug-likeness (QED) is 0.270. The zero-order chi connectivity index (χ0) is 21.8. The maximum atomic E-state index is 2.50. The number of hydrogen-bond donors (Lipinski definition) is 0. The smallest absolute Gasteiger partial charge is 0.0434 e. The highest BCUT2D eigenvalue weighted by atomic mass is 14.4. The van der Waals surface area contributed by atoms with Gasteiger partial charge in [-0.1, -0.05) is 127 Å². The van der Waals surface area contributed by atoms with Crippen LogP contribution in [-0.4, -0.2) is 0 Å². The van der Waals surface area contributed by atoms with E-state index in [-0.39, 0.29) is 5.41 Å². The van der Waals surface area contributed by atoms with Crippen LogP contribution in [0.1, 0.15) is 28.7 Å². The Bertz CT molecular complexity index is 1520. The SMILES string of the molecule is C1=CC(c2cccc3ccccc23)(c2cccc3ccccc23)CC2=C1c1ccccc1C2. The van der Waals surface area contributed by atoms with Crippen molar-refractivity contribution in [3.63, 3.8) is 0 Å². The number of hydrogen-bond acceptors (Lipinski definition) is 0. The van der Waals surface area contributed by atoms with Crippen molar-refractivity contribution in [2.75, 3.05) is 0 Å². The highest BCUT2D eigenvalue weighted by molar-refractivity contribution is 5.94. The Labute approximate surface area is 194 Å². The summed E-state index contributed by atoms with van der Waals surface area (Å²) in [6, 6.07) is 40.2. The second-order valence-corrected chi connectivity index (χ2v) is 9.39. The van der Waals surface area contributed by atoms with E-state index in [1.807, 2.05) is 0 Å². The van der Waals surface area contributed by atoms with Crippen LogP contribution in [0.3, 0.4) is 0 Å². The Balaban J connectivity index is 1.53. The minimum Gasteiger partial charge on any atom is -0.0686 e. The molecular formula is C33H24. The topological polar surface area (TPSA) is 0 Å². The molecule has 0 amide bonds. The molecule has 156 valence electrons. The molecule has 0 heterocycles. The van der Waals surface area contributed by atoms with E-state index in [1.165, 1.54) is 49.4 Å². The van der Waals surface area contributed by atoms with Crippen LogP contribution in [0.25, 0.3) is 27.1 Å². The molecule has 5 aromatic carbocycles. The van der Waals surface area contributed by atoms with Crippen molar-refractivity contribution >= 4 is 27.1 Å². The van der Waals surface area contributed by atoms with E-state index >= 15 is 0 Å². The summed E-state index contributed by atoms with van der Waals surface area (Å²) in [5.74, 6) is 0. The van der Waals surface area contributed by atoms with Crippen molar-refractivity contribution in [1.82, 2.24) is 0 Å². The second-order valence-electron chi connectivity index (χ2n) is 9.39. The van der Waals surface area contributed by atoms with Crippen molar-refractivity contribution in [1.29, 1.82) is 0 Å². The molecule has 0 unspecified atom stereocenters. The lowest BCUT2D eigenvalue weighted by atomic mass is 9.65. The molecule has 0 spiro atoms. The van der Waals surface area contributed by atoms with Crippen molar-refractivity contribution in [3.8, 4) is 0 Å². The number of rotatable bonds is 2. The Morgan fingerprint density at radius 1 is 0.545 bits per heavy atom. The third-order valence-corrected chi connectivity index (χ3v) is 7.66. The minimum absolute atomic E-state index is 0.206. The van der Waals surface area contributed by atoms with Gasteiger partial charge in [-0.2, -0.15) is 0 Å². The van der Waals surface area contributed by atoms with Crippen molar-refractivity contribution in [2.24, 2.45) is 0 Å². The summed E-state index contributed by atoms with van der Waals surface area (Å²) in [5, 5.41) is 5.30. The predicted molar refractivity (Wildman–Crippen MR) is 139 cm³/mol. The summed E-state index contributed by atoms with van der Waals surface area (Å²) in [4.78, 5) is 0. The zero-order valence-corrected chi connectivity index (χ0v) is 18.5. The van der Waals surface area contributed by atoms with Crippen molar-refractivity contribution in [3.05, 3.63) is 149 Å². The number of benzene rings is 5. The normalized spacial score (nSPS) is 16.2. The van der Waals surface area contributed by atoms with E-state index < -0.39 is 0 Å². The molecule has 0 saturated carbocycles. The summed E-state index contributed by atoms with van der Waals surface area (Å²) in [7, 11) is 0. The van der Waals surface area contributed by atoms with Gasteiger partial charge in [0.25, 0.3) is 0 Å². The molecule has 2 aliphatic rings. The number of fused-ring (bicyclic) bond motifs is 4. The van der Waals surface area contributed by atoms with Gasteiger partial charge in [0.2, 0.25) is 0 Å². The molecule has 0 aliphatic heterocycles. The van der Waals surface area contributed by atoms with Gasteiger partial charge in [0, 0.05) is 5.41 Å². The van der Waals surface area contributed by atoms with E-state index in [9.17, 15) is 0 Å². The fraction of sp³-hybridized carbons (Fsp3) is 0.0909. The molecule has 0 nitrogen and oxygen atoms in total. The van der Waals surface area contributed by atoms with Gasteiger partial charge in [0.15, 0.2) is 0 Å². The third-order valence-electron chi connectivity index (χ3n) is 7.66. The Morgan fingerprint density at radius 3 is 1.82 bits per heavy atom. The molecule has 0 heteroatoms. The van der Waals surface area contributed by atoms with Crippen LogP contribution in [0.15, 0.2) is 127 Å². The molecule has 0 radical (unpaired) electrons. The molecule has 0 N–H and O–H groups in total. The largest absolute Gasteiger partial charge is 0.0686 e. The van der Waals surface area contributed by atoms with Gasteiger partial charge < -0.3 is 0 Å². The fourth-order valence-corrected chi connectivity index (χ4v) is 6.18. The van der Waals surface area contributed by atoms with Gasteiger partial charge in [-0.25, -0.2) is 0 Å². The molecule has 0 fully saturated rings. The van der Waals surface area contributed by atoms with E-state index in [1.54, 1.807) is 5.57 Å². The van der Waals surface area contributed by atoms with Crippen LogP contribution >= 0.6 is 0 Å². The molecule has 33 heavy (non-hydrogen) atoms. The summed E-state index contributed by atoms with van der Waals surface area (Å²) in [6.45, 7) is 0. The van der Waals surface area contributed by atoms with Crippen molar-refractivity contribution in [2.45, 2.75) is 18.3 Å². The first-order valence-electron chi connectivity index (χ1n) is 11.8. The molecule has 0 saturated heterocycles. The summed E-state index contributed by atoms with van der Waals surface area (Å²) in [6.07, 6.45) is 6.97. The first-order chi connectivity index (χ1) is 16.3. The average Bonchev–Trinajstić information content (AvgIpc) is 3.25. The first kappa shape index (κ1) is 18.7. The Morgan fingerprint density at radius 2 is 1.12 bits per heavy atom. The maximum absolute atomic E-state index is 2.50. The summed E-state index contributed by atoms with van der Waals surface area (Å²) < 4.78 is 0. The molecule has 7 rings (SSSR count). The molecule has 2 aliphatic carbocycles. The summed E-state index contributed by atoms with van der Waals surface area (Å²) in [5.41, 5.74) is 8.45. The van der Waals surface area contributed by atoms with Gasteiger partial charge in [-0.15, -0.1) is 0 Å². The van der Waals surface area contributed by atoms with Crippen LogP contribution in [0.4, 0.5) is 0 Å². The predicted octanol–water partition coefficient (Wildman–Crippen LogP) is 8.25. The lowest BCUT2D eigenvalue weighted by Gasteiger charge is -2.37. The van der Waals surface area contributed by atoms with Crippen LogP contribution in [0.5, 0.6) is 0 Å². The van der Waals surface area contributed by atoms with Crippen LogP contribution in [0.2, 0.25) is 0 Å². The lowest BCUT2D eigenvalue weighted by molar-refractivity contribution is 0.633. The lowest BCUT2D eigenvalue weighted by Crippen LogP contribution is -2.28. The van der Waals surface area contributed by atoms with Gasteiger partial charge in [0.05, 0.1) is 0 Å². The van der Waals surface area contributed by atoms with Crippen molar-refractivity contribution < 1.29 is 0 Å². The second kappa shape index (κ2) is 7.05. The fourth-order valence-electron chi connectivity index (χ4n) is 6.18. The van der Waals surface area contributed by atoms with E-state index in [0.717, 1.165) is 12.8 Å². The van der Waals surface area contributed by atoms with E-state index in [0.29, 0.717) is 0 Å². The van der Waals surface area contributed by atoms with Crippen LogP contribution in [-0.2, 0) is 11.8 Å². The van der Waals surface area contributed by atoms with E-state index in [2.05, 4.69) is 121 Å². The maximum Gasteiger partial charge on any atom is 0.0434 e. The Hall–Kier alpha value is -3.90. The molecule has 0 aromatic heterocycles. The van der Waals surface area contributed by atoms with E-state index in [4.69, 9.17) is 0 Å². The third kappa shape index (κ3) is 2.71. The molecule has 0 atom stereocenters. The number of allylic oxidation sites excluding steroid dienone is 4. The van der Waals surface area contributed by atoms with Crippen LogP contribution in [0, 0.1) is 0 Å². The molecule has 5 aromatic rings. The standard InChI is InChI=1S/C33H24/c1-5-15-29-23(9-1)12-7-17-31(29)33(32-18-8-13-24-10-2-6-16-30(24)32)20-19-28-26(22-33)21-25-11-3-4-14-27(25)28/h1-20H,21-22H2. The Kier molecular flexibility index (Phi) is 3.98. The highest BCUT2D eigenvalue weighted by Gasteiger charge is 2.39. The molecule has 0 bridgehead atoms. The van der Waals surface area contributed by atoms with Crippen LogP contribution < -0.4 is 0 Å². The summed E-state index contributed by atoms with van der Waals surface area (Å²) >= 11 is 0. The highest BCUT2D eigenvalue weighted by Crippen LogP contribution is 2.51. The van der Waals surface area contributed by atoms with Gasteiger partial charge in [-0.3, -0.25) is 0 Å². The minimum atomic E-state index is -0.206. The average molecular weight is 421 g/mol. The van der Waals surface area contributed by atoms with Gasteiger partial charge >= 0.3 is 0 Å². The van der Waals surface area contributed by atoms with Gasteiger partial charge in [0.1, 0.15) is 0 Å². The zero-order valence-electron chi connectivity index (χ0n) is 18.5. The van der Waals surface area contributed by atoms with Gasteiger partial charge in [-0.05, 0) is 62.2 Å². The first-order valence-corrected chi connectivity index (χ1v) is 11.8.